The van der Waals surface area contributed by atoms with Gasteiger partial charge in [-0.3, -0.25) is 0 Å². The Bertz CT molecular complexity index is 2140. The van der Waals surface area contributed by atoms with Crippen molar-refractivity contribution >= 4 is 22.5 Å². The van der Waals surface area contributed by atoms with Crippen molar-refractivity contribution in [2.75, 3.05) is 4.90 Å². The number of pyridine rings is 1. The number of imidazole rings is 1. The average molecular weight is 793 g/mol. The molecule has 1 spiro atoms. The van der Waals surface area contributed by atoms with Gasteiger partial charge in [-0.1, -0.05) is 19.3 Å². The Kier molecular flexibility index (Phi) is 6.41. The minimum atomic E-state index is -2.34. The molecule has 1 aliphatic heterocycles. The third kappa shape index (κ3) is 4.76. The summed E-state index contributed by atoms with van der Waals surface area (Å²) < 4.78 is 35.6. The van der Waals surface area contributed by atoms with Crippen LogP contribution in [-0.4, -0.2) is 19.7 Å². The summed E-state index contributed by atoms with van der Waals surface area (Å²) in [6.45, 7) is 6.33. The average Bonchev–Trinajstić information content (AvgIpc) is 3.79. The molecule has 2 saturated carbocycles. The topological polar surface area (TPSA) is 35.2 Å². The van der Waals surface area contributed by atoms with E-state index in [1.165, 1.54) is 60.6 Å². The normalized spacial score (nSPS) is 21.6. The van der Waals surface area contributed by atoms with Gasteiger partial charge in [0.2, 0.25) is 0 Å². The Balaban J connectivity index is 1.27. The van der Waals surface area contributed by atoms with E-state index in [0.717, 1.165) is 28.3 Å². The number of aromatic nitrogens is 3. The van der Waals surface area contributed by atoms with Gasteiger partial charge in [0.1, 0.15) is 0 Å². The summed E-state index contributed by atoms with van der Waals surface area (Å²) in [6, 6.07) is 27.7. The van der Waals surface area contributed by atoms with Crippen LogP contribution in [0.3, 0.4) is 0 Å². The van der Waals surface area contributed by atoms with Gasteiger partial charge < -0.3 is 0 Å². The molecule has 0 bridgehead atoms. The Morgan fingerprint density at radius 1 is 0.957 bits per heavy atom. The van der Waals surface area contributed by atoms with Crippen molar-refractivity contribution in [2.24, 2.45) is 12.9 Å². The molecule has 3 aliphatic rings. The van der Waals surface area contributed by atoms with Gasteiger partial charge in [0.25, 0.3) is 0 Å². The van der Waals surface area contributed by atoms with Gasteiger partial charge in [-0.25, -0.2) is 0 Å². The van der Waals surface area contributed by atoms with E-state index in [-0.39, 0.29) is 11.0 Å². The third-order valence-corrected chi connectivity index (χ3v) is 11.7. The Hall–Kier alpha value is -3.43. The number of ether oxygens (including phenoxy) is 1. The van der Waals surface area contributed by atoms with Gasteiger partial charge in [0, 0.05) is 6.20 Å². The molecule has 3 aromatic carbocycles. The zero-order valence-electron chi connectivity index (χ0n) is 30.0. The van der Waals surface area contributed by atoms with Crippen LogP contribution < -0.4 is 9.64 Å². The first-order chi connectivity index (χ1) is 23.3. The second kappa shape index (κ2) is 11.1. The predicted octanol–water partition coefficient (Wildman–Crippen LogP) is 9.79. The molecule has 5 aromatic rings. The monoisotopic (exact) mass is 792 g/mol. The van der Waals surface area contributed by atoms with Gasteiger partial charge >= 0.3 is 238 Å². The van der Waals surface area contributed by atoms with Crippen molar-refractivity contribution < 1.29 is 28.2 Å². The van der Waals surface area contributed by atoms with Crippen LogP contribution >= 0.6 is 0 Å². The predicted molar refractivity (Wildman–Crippen MR) is 181 cm³/mol. The molecule has 240 valence electrons. The molecule has 6 heteroatoms. The van der Waals surface area contributed by atoms with E-state index in [4.69, 9.17) is 13.8 Å². The van der Waals surface area contributed by atoms with Crippen molar-refractivity contribution in [3.8, 4) is 17.2 Å². The van der Waals surface area contributed by atoms with Crippen LogP contribution in [0.25, 0.3) is 16.7 Å². The summed E-state index contributed by atoms with van der Waals surface area (Å²) in [5.41, 5.74) is 6.73. The van der Waals surface area contributed by atoms with Gasteiger partial charge in [-0.2, -0.15) is 0 Å². The number of rotatable bonds is 4. The molecule has 2 aliphatic carbocycles. The Morgan fingerprint density at radius 3 is 2.52 bits per heavy atom. The molecule has 0 radical (unpaired) electrons. The summed E-state index contributed by atoms with van der Waals surface area (Å²) in [4.78, 5) is 7.50. The van der Waals surface area contributed by atoms with E-state index >= 15 is 0 Å². The van der Waals surface area contributed by atoms with Gasteiger partial charge in [0.15, 0.2) is 0 Å². The van der Waals surface area contributed by atoms with E-state index in [1.807, 2.05) is 35.0 Å². The molecule has 2 fully saturated rings. The number of hydrogen-bond acceptors (Lipinski definition) is 3. The summed E-state index contributed by atoms with van der Waals surface area (Å²) in [7, 11) is 0. The van der Waals surface area contributed by atoms with E-state index < -0.39 is 6.98 Å². The minimum absolute atomic E-state index is 0.0416. The van der Waals surface area contributed by atoms with Crippen LogP contribution in [0.1, 0.15) is 92.4 Å². The molecule has 2 atom stereocenters. The van der Waals surface area contributed by atoms with Crippen LogP contribution in [0.4, 0.5) is 11.5 Å². The van der Waals surface area contributed by atoms with Crippen LogP contribution in [0, 0.1) is 28.8 Å². The second-order valence-corrected chi connectivity index (χ2v) is 15.5. The molecule has 2 aromatic heterocycles. The Morgan fingerprint density at radius 2 is 1.76 bits per heavy atom. The summed E-state index contributed by atoms with van der Waals surface area (Å²) in [6.07, 6.45) is 10.5. The van der Waals surface area contributed by atoms with Gasteiger partial charge in [-0.15, -0.1) is 0 Å². The third-order valence-electron chi connectivity index (χ3n) is 10.7. The van der Waals surface area contributed by atoms with E-state index in [2.05, 4.69) is 100 Å². The fourth-order valence-corrected chi connectivity index (χ4v) is 9.37. The molecule has 8 rings (SSSR count). The first-order valence-electron chi connectivity index (χ1n) is 18.1. The van der Waals surface area contributed by atoms with Crippen LogP contribution in [0.2, 0.25) is 0 Å². The molecule has 0 saturated heterocycles. The molecule has 0 N–H and O–H groups in total. The Labute approximate surface area is 287 Å². The summed E-state index contributed by atoms with van der Waals surface area (Å²) in [5.74, 6) is 3.34. The zero-order valence-corrected chi connectivity index (χ0v) is 29.2. The molecule has 2 unspecified atom stereocenters. The number of benzene rings is 3. The summed E-state index contributed by atoms with van der Waals surface area (Å²) >= 11 is 2.12. The first kappa shape index (κ1) is 26.6. The van der Waals surface area contributed by atoms with Crippen molar-refractivity contribution in [3.05, 3.63) is 99.5 Å². The van der Waals surface area contributed by atoms with Crippen molar-refractivity contribution in [2.45, 2.75) is 89.5 Å². The SMILES string of the molecule is [2H]C([2H])([2H])n1[c](=[Pt])n(-c2[c-]c(Oc3[c-]c4c(cc3)C3CCCC3C3(CCCC3)N4c3cc(C)ccn3)cc(C(C)(C)C)c2)c2ccccc21. The number of fused-ring (bicyclic) bond motifs is 5. The quantitative estimate of drug-likeness (QED) is 0.170. The van der Waals surface area contributed by atoms with Gasteiger partial charge in [0.05, 0.1) is 0 Å². The van der Waals surface area contributed by atoms with Crippen LogP contribution in [0.15, 0.2) is 66.9 Å². The molecule has 3 heterocycles. The van der Waals surface area contributed by atoms with Gasteiger partial charge in [-0.05, 0) is 25.0 Å². The maximum atomic E-state index is 8.31. The standard InChI is InChI=1S/C40H42N4O.Pt/c1-27-17-20-41-38(21-27)44-37-25-30(15-16-33(37)32-11-10-12-34(32)40(44)18-8-9-19-40)45-31-23-28(39(2,3)4)22-29(24-31)43-26-42(5)35-13-6-7-14-36(35)43;/h6-7,13-17,20-23,32,34H,8-12,18-19H2,1-5H3;/q-2;/i5D3;. The summed E-state index contributed by atoms with van der Waals surface area (Å²) in [5, 5.41) is 0. The van der Waals surface area contributed by atoms with E-state index in [0.29, 0.717) is 32.7 Å². The van der Waals surface area contributed by atoms with E-state index in [9.17, 15) is 0 Å². The fraction of sp³-hybridized carbons (Fsp3) is 0.400. The zero-order chi connectivity index (χ0) is 34.3. The fourth-order valence-electron chi connectivity index (χ4n) is 8.55. The van der Waals surface area contributed by atoms with Crippen LogP contribution in [-0.2, 0) is 31.7 Å². The first-order valence-corrected chi connectivity index (χ1v) is 17.7. The number of aryl methyl sites for hydroxylation is 2. The number of anilines is 2. The molecular weight excluding hydrogens is 748 g/mol. The van der Waals surface area contributed by atoms with Crippen LogP contribution in [0.5, 0.6) is 11.5 Å². The van der Waals surface area contributed by atoms with Crippen molar-refractivity contribution in [1.29, 1.82) is 0 Å². The van der Waals surface area contributed by atoms with Crippen molar-refractivity contribution in [3.63, 3.8) is 0 Å². The number of hydrogen-bond donors (Lipinski definition) is 0. The van der Waals surface area contributed by atoms with Crippen molar-refractivity contribution in [1.82, 2.24) is 14.1 Å². The maximum absolute atomic E-state index is 8.31. The molecule has 5 nitrogen and oxygen atoms in total. The van der Waals surface area contributed by atoms with E-state index in [1.54, 1.807) is 0 Å². The molecule has 0 amide bonds. The number of nitrogens with zero attached hydrogens (tertiary/aromatic N) is 4. The second-order valence-electron chi connectivity index (χ2n) is 14.5. The molecule has 46 heavy (non-hydrogen) atoms. The number of para-hydroxylation sites is 2. The molecular formula is C40H42N4OPt-2.